The third kappa shape index (κ3) is 3.39. The highest BCUT2D eigenvalue weighted by Gasteiger charge is 2.46. The van der Waals surface area contributed by atoms with Gasteiger partial charge >= 0.3 is 11.9 Å². The number of hydrogen-bond acceptors (Lipinski definition) is 7. The second kappa shape index (κ2) is 5.44. The zero-order valence-electron chi connectivity index (χ0n) is 9.82. The minimum atomic E-state index is -1.49. The first-order valence-electron chi connectivity index (χ1n) is 5.19. The second-order valence-electron chi connectivity index (χ2n) is 3.87. The molecule has 0 amide bonds. The van der Waals surface area contributed by atoms with Crippen molar-refractivity contribution in [1.29, 1.82) is 0 Å². The lowest BCUT2D eigenvalue weighted by Crippen LogP contribution is -2.59. The van der Waals surface area contributed by atoms with Gasteiger partial charge in [0.1, 0.15) is 6.10 Å². The summed E-state index contributed by atoms with van der Waals surface area (Å²) in [6.45, 7) is 3.89. The van der Waals surface area contributed by atoms with E-state index in [1.165, 1.54) is 6.92 Å². The maximum atomic E-state index is 10.9. The summed E-state index contributed by atoms with van der Waals surface area (Å²) < 4.78 is 14.7. The molecule has 1 aliphatic rings. The van der Waals surface area contributed by atoms with Gasteiger partial charge in [-0.2, -0.15) is 0 Å². The van der Waals surface area contributed by atoms with Crippen LogP contribution in [0.2, 0.25) is 0 Å². The highest BCUT2D eigenvalue weighted by molar-refractivity contribution is 5.67. The summed E-state index contributed by atoms with van der Waals surface area (Å²) in [5.41, 5.74) is 0. The van der Waals surface area contributed by atoms with Crippen LogP contribution in [0.4, 0.5) is 0 Å². The van der Waals surface area contributed by atoms with Gasteiger partial charge in [-0.05, 0) is 6.92 Å². The van der Waals surface area contributed by atoms with Crippen LogP contribution in [0.15, 0.2) is 0 Å². The molecular formula is C10H16O7. The van der Waals surface area contributed by atoms with E-state index in [9.17, 15) is 19.8 Å². The summed E-state index contributed by atoms with van der Waals surface area (Å²) >= 11 is 0. The van der Waals surface area contributed by atoms with Crippen molar-refractivity contribution in [2.45, 2.75) is 51.5 Å². The van der Waals surface area contributed by atoms with Gasteiger partial charge in [0.15, 0.2) is 18.5 Å². The predicted molar refractivity (Wildman–Crippen MR) is 53.7 cm³/mol. The Morgan fingerprint density at radius 3 is 2.00 bits per heavy atom. The second-order valence-corrected chi connectivity index (χ2v) is 3.87. The number of hydrogen-bond donors (Lipinski definition) is 2. The Bertz CT molecular complexity index is 303. The maximum absolute atomic E-state index is 10.9. The van der Waals surface area contributed by atoms with Crippen molar-refractivity contribution in [3.63, 3.8) is 0 Å². The largest absolute Gasteiger partial charge is 0.456 e. The average molecular weight is 248 g/mol. The van der Waals surface area contributed by atoms with Gasteiger partial charge in [-0.3, -0.25) is 9.59 Å². The molecule has 0 unspecified atom stereocenters. The first kappa shape index (κ1) is 13.9. The fraction of sp³-hybridized carbons (Fsp3) is 0.800. The molecule has 1 heterocycles. The van der Waals surface area contributed by atoms with Crippen molar-refractivity contribution < 1.29 is 34.0 Å². The lowest BCUT2D eigenvalue weighted by Gasteiger charge is -2.40. The van der Waals surface area contributed by atoms with Crippen molar-refractivity contribution in [2.75, 3.05) is 0 Å². The molecule has 0 bridgehead atoms. The van der Waals surface area contributed by atoms with Gasteiger partial charge in [0.25, 0.3) is 0 Å². The van der Waals surface area contributed by atoms with E-state index in [0.29, 0.717) is 0 Å². The van der Waals surface area contributed by atoms with Crippen molar-refractivity contribution in [3.05, 3.63) is 0 Å². The predicted octanol–water partition coefficient (Wildman–Crippen LogP) is -1.05. The molecular weight excluding hydrogens is 232 g/mol. The smallest absolute Gasteiger partial charge is 0.303 e. The summed E-state index contributed by atoms with van der Waals surface area (Å²) in [6, 6.07) is 0. The number of aliphatic hydroxyl groups excluding tert-OH is 2. The molecule has 1 aliphatic heterocycles. The van der Waals surface area contributed by atoms with Crippen LogP contribution in [-0.2, 0) is 23.8 Å². The zero-order chi connectivity index (χ0) is 13.2. The van der Waals surface area contributed by atoms with Crippen LogP contribution in [0.3, 0.4) is 0 Å². The van der Waals surface area contributed by atoms with E-state index in [4.69, 9.17) is 14.2 Å². The number of esters is 2. The molecule has 0 spiro atoms. The SMILES string of the molecule is CC(=O)O[C@@H]1[C@@H](OC(C)=O)[C@@H](O)[C@H](O)O[C@H]1C. The summed E-state index contributed by atoms with van der Waals surface area (Å²) in [7, 11) is 0. The fourth-order valence-corrected chi connectivity index (χ4v) is 1.68. The van der Waals surface area contributed by atoms with Gasteiger partial charge < -0.3 is 24.4 Å². The monoisotopic (exact) mass is 248 g/mol. The van der Waals surface area contributed by atoms with E-state index < -0.39 is 42.6 Å². The number of carbonyl (C=O) groups is 2. The molecule has 5 atom stereocenters. The minimum absolute atomic E-state index is 0.591. The van der Waals surface area contributed by atoms with E-state index in [1.54, 1.807) is 6.92 Å². The van der Waals surface area contributed by atoms with Crippen molar-refractivity contribution in [2.24, 2.45) is 0 Å². The van der Waals surface area contributed by atoms with Gasteiger partial charge in [0.05, 0.1) is 6.10 Å². The first-order valence-corrected chi connectivity index (χ1v) is 5.19. The summed E-state index contributed by atoms with van der Waals surface area (Å²) in [5, 5.41) is 19.0. The molecule has 2 N–H and O–H groups in total. The number of rotatable bonds is 2. The van der Waals surface area contributed by atoms with Gasteiger partial charge in [0.2, 0.25) is 0 Å². The molecule has 0 radical (unpaired) electrons. The highest BCUT2D eigenvalue weighted by atomic mass is 16.7. The Morgan fingerprint density at radius 2 is 1.53 bits per heavy atom. The summed E-state index contributed by atoms with van der Waals surface area (Å²) in [5.74, 6) is -1.24. The quantitative estimate of drug-likeness (QED) is 0.601. The van der Waals surface area contributed by atoms with Crippen molar-refractivity contribution in [3.8, 4) is 0 Å². The summed E-state index contributed by atoms with van der Waals surface area (Å²) in [6.07, 6.45) is -5.73. The van der Waals surface area contributed by atoms with Crippen molar-refractivity contribution >= 4 is 11.9 Å². The lowest BCUT2D eigenvalue weighted by atomic mass is 9.99. The van der Waals surface area contributed by atoms with Crippen LogP contribution in [0.1, 0.15) is 20.8 Å². The van der Waals surface area contributed by atoms with Gasteiger partial charge in [-0.15, -0.1) is 0 Å². The molecule has 1 saturated heterocycles. The molecule has 1 fully saturated rings. The van der Waals surface area contributed by atoms with E-state index in [2.05, 4.69) is 0 Å². The van der Waals surface area contributed by atoms with Crippen LogP contribution in [-0.4, -0.2) is 52.9 Å². The Hall–Kier alpha value is -1.18. The van der Waals surface area contributed by atoms with E-state index >= 15 is 0 Å². The van der Waals surface area contributed by atoms with E-state index in [0.717, 1.165) is 6.92 Å². The molecule has 0 saturated carbocycles. The van der Waals surface area contributed by atoms with E-state index in [1.807, 2.05) is 0 Å². The molecule has 0 aromatic carbocycles. The number of ether oxygens (including phenoxy) is 3. The molecule has 17 heavy (non-hydrogen) atoms. The number of aliphatic hydroxyl groups is 2. The molecule has 0 aliphatic carbocycles. The van der Waals surface area contributed by atoms with Crippen LogP contribution in [0, 0.1) is 0 Å². The van der Waals surface area contributed by atoms with Crippen LogP contribution < -0.4 is 0 Å². The van der Waals surface area contributed by atoms with Crippen LogP contribution in [0.5, 0.6) is 0 Å². The van der Waals surface area contributed by atoms with Crippen molar-refractivity contribution in [1.82, 2.24) is 0 Å². The zero-order valence-corrected chi connectivity index (χ0v) is 9.82. The highest BCUT2D eigenvalue weighted by Crippen LogP contribution is 2.24. The summed E-state index contributed by atoms with van der Waals surface area (Å²) in [4.78, 5) is 21.8. The third-order valence-corrected chi connectivity index (χ3v) is 2.37. The van der Waals surface area contributed by atoms with Crippen LogP contribution in [0.25, 0.3) is 0 Å². The molecule has 0 aromatic rings. The normalized spacial score (nSPS) is 37.4. The van der Waals surface area contributed by atoms with E-state index in [-0.39, 0.29) is 0 Å². The third-order valence-electron chi connectivity index (χ3n) is 2.37. The standard InChI is InChI=1S/C10H16O7/c1-4-8(16-5(2)11)9(17-6(3)12)7(13)10(14)15-4/h4,7-10,13-14H,1-3H3/t4-,7+,8-,9-,10+/m0/s1. The topological polar surface area (TPSA) is 102 Å². The Balaban J connectivity index is 2.86. The first-order chi connectivity index (χ1) is 7.82. The lowest BCUT2D eigenvalue weighted by molar-refractivity contribution is -0.284. The minimum Gasteiger partial charge on any atom is -0.456 e. The molecule has 98 valence electrons. The van der Waals surface area contributed by atoms with Gasteiger partial charge in [-0.25, -0.2) is 0 Å². The molecule has 1 rings (SSSR count). The average Bonchev–Trinajstić information content (AvgIpc) is 2.19. The Labute approximate surface area is 98.3 Å². The Morgan fingerprint density at radius 1 is 1.06 bits per heavy atom. The molecule has 7 heteroatoms. The van der Waals surface area contributed by atoms with Gasteiger partial charge in [-0.1, -0.05) is 0 Å². The fourth-order valence-electron chi connectivity index (χ4n) is 1.68. The van der Waals surface area contributed by atoms with Gasteiger partial charge in [0, 0.05) is 13.8 Å². The maximum Gasteiger partial charge on any atom is 0.303 e. The Kier molecular flexibility index (Phi) is 4.44. The number of carbonyl (C=O) groups excluding carboxylic acids is 2. The van der Waals surface area contributed by atoms with Crippen LogP contribution >= 0.6 is 0 Å². The molecule has 7 nitrogen and oxygen atoms in total. The molecule has 0 aromatic heterocycles.